The summed E-state index contributed by atoms with van der Waals surface area (Å²) < 4.78 is 36.0. The van der Waals surface area contributed by atoms with E-state index in [-0.39, 0.29) is 29.5 Å². The quantitative estimate of drug-likeness (QED) is 0.716. The van der Waals surface area contributed by atoms with Gasteiger partial charge in [-0.05, 0) is 30.2 Å². The first-order chi connectivity index (χ1) is 13.7. The molecule has 8 nitrogen and oxygen atoms in total. The second-order valence-electron chi connectivity index (χ2n) is 7.05. The zero-order chi connectivity index (χ0) is 21.3. The highest BCUT2D eigenvalue weighted by Gasteiger charge is 2.27. The average molecular weight is 420 g/mol. The Kier molecular flexibility index (Phi) is 5.81. The summed E-state index contributed by atoms with van der Waals surface area (Å²) in [7, 11) is 1.18. The molecule has 0 N–H and O–H groups in total. The number of methoxy groups -OCH3 is 2. The molecule has 29 heavy (non-hydrogen) atoms. The molecule has 1 aliphatic rings. The Morgan fingerprint density at radius 2 is 1.90 bits per heavy atom. The zero-order valence-corrected chi connectivity index (χ0v) is 17.7. The number of fused-ring (bicyclic) bond motifs is 1. The van der Waals surface area contributed by atoms with E-state index >= 15 is 0 Å². The van der Waals surface area contributed by atoms with Crippen LogP contribution >= 0.6 is 0 Å². The monoisotopic (exact) mass is 420 g/mol. The van der Waals surface area contributed by atoms with Crippen molar-refractivity contribution in [2.75, 3.05) is 33.6 Å². The smallest absolute Gasteiger partial charge is 0.253 e. The van der Waals surface area contributed by atoms with Gasteiger partial charge in [0.05, 0.1) is 12.0 Å². The first-order valence-electron chi connectivity index (χ1n) is 9.04. The van der Waals surface area contributed by atoms with Crippen molar-refractivity contribution in [3.05, 3.63) is 45.9 Å². The summed E-state index contributed by atoms with van der Waals surface area (Å²) in [6.07, 6.45) is 3.22. The molecule has 9 heteroatoms. The molecule has 0 bridgehead atoms. The number of amides is 1. The molecule has 0 saturated carbocycles. The van der Waals surface area contributed by atoms with E-state index in [1.54, 1.807) is 30.3 Å². The Bertz CT molecular complexity index is 1120. The maximum absolute atomic E-state index is 12.7. The standard InChI is InChI=1S/C20H24N2O6S/c1-21-10-16(15-9-13(29(4,25)26)5-6-18(15)28-3)17-11-22(19(23)12-27-2)8-7-14(17)20(21)24/h5-6,9-10H,7-8,11-12H2,1-4H3. The fourth-order valence-electron chi connectivity index (χ4n) is 3.58. The number of carbonyl (C=O) groups is 1. The highest BCUT2D eigenvalue weighted by Crippen LogP contribution is 2.36. The van der Waals surface area contributed by atoms with Crippen molar-refractivity contribution in [2.45, 2.75) is 17.9 Å². The molecule has 0 fully saturated rings. The number of sulfone groups is 1. The van der Waals surface area contributed by atoms with Gasteiger partial charge in [0.15, 0.2) is 9.84 Å². The molecule has 156 valence electrons. The Hall–Kier alpha value is -2.65. The summed E-state index contributed by atoms with van der Waals surface area (Å²) >= 11 is 0. The number of ether oxygens (including phenoxy) is 2. The van der Waals surface area contributed by atoms with Crippen molar-refractivity contribution < 1.29 is 22.7 Å². The number of pyridine rings is 1. The van der Waals surface area contributed by atoms with Gasteiger partial charge in [0.1, 0.15) is 12.4 Å². The average Bonchev–Trinajstić information content (AvgIpc) is 2.69. The topological polar surface area (TPSA) is 94.9 Å². The minimum Gasteiger partial charge on any atom is -0.496 e. The highest BCUT2D eigenvalue weighted by molar-refractivity contribution is 7.90. The number of carbonyl (C=O) groups excluding carboxylic acids is 1. The first kappa shape index (κ1) is 21.1. The molecule has 0 saturated heterocycles. The van der Waals surface area contributed by atoms with Gasteiger partial charge in [-0.15, -0.1) is 0 Å². The van der Waals surface area contributed by atoms with Crippen molar-refractivity contribution in [1.82, 2.24) is 9.47 Å². The van der Waals surface area contributed by atoms with Gasteiger partial charge in [-0.2, -0.15) is 0 Å². The lowest BCUT2D eigenvalue weighted by Gasteiger charge is -2.30. The molecule has 3 rings (SSSR count). The lowest BCUT2D eigenvalue weighted by atomic mass is 9.92. The van der Waals surface area contributed by atoms with Crippen LogP contribution in [-0.4, -0.2) is 57.4 Å². The van der Waals surface area contributed by atoms with E-state index in [9.17, 15) is 18.0 Å². The van der Waals surface area contributed by atoms with Gasteiger partial charge >= 0.3 is 0 Å². The summed E-state index contributed by atoms with van der Waals surface area (Å²) in [5.41, 5.74) is 2.43. The van der Waals surface area contributed by atoms with Crippen molar-refractivity contribution in [3.63, 3.8) is 0 Å². The normalized spacial score (nSPS) is 13.9. The number of hydrogen-bond acceptors (Lipinski definition) is 6. The lowest BCUT2D eigenvalue weighted by molar-refractivity contribution is -0.136. The van der Waals surface area contributed by atoms with Crippen molar-refractivity contribution >= 4 is 15.7 Å². The van der Waals surface area contributed by atoms with E-state index in [0.29, 0.717) is 41.0 Å². The molecule has 1 aromatic carbocycles. The number of benzene rings is 1. The van der Waals surface area contributed by atoms with Gasteiger partial charge < -0.3 is 18.9 Å². The van der Waals surface area contributed by atoms with E-state index in [0.717, 1.165) is 6.26 Å². The molecule has 0 atom stereocenters. The third-order valence-electron chi connectivity index (χ3n) is 5.08. The number of aryl methyl sites for hydroxylation is 1. The fraction of sp³-hybridized carbons (Fsp3) is 0.400. The van der Waals surface area contributed by atoms with Gasteiger partial charge in [0.2, 0.25) is 5.91 Å². The van der Waals surface area contributed by atoms with Crippen LogP contribution in [0.5, 0.6) is 5.75 Å². The van der Waals surface area contributed by atoms with E-state index in [2.05, 4.69) is 0 Å². The second kappa shape index (κ2) is 8.00. The minimum atomic E-state index is -3.43. The first-order valence-corrected chi connectivity index (χ1v) is 10.9. The summed E-state index contributed by atoms with van der Waals surface area (Å²) in [6, 6.07) is 4.63. The minimum absolute atomic E-state index is 0.0393. The molecule has 0 aliphatic carbocycles. The van der Waals surface area contributed by atoms with Crippen molar-refractivity contribution in [2.24, 2.45) is 7.05 Å². The Labute approximate surface area is 169 Å². The third-order valence-corrected chi connectivity index (χ3v) is 6.19. The van der Waals surface area contributed by atoms with E-state index in [1.807, 2.05) is 0 Å². The van der Waals surface area contributed by atoms with Gasteiger partial charge in [0.25, 0.3) is 5.56 Å². The van der Waals surface area contributed by atoms with Crippen LogP contribution in [0.2, 0.25) is 0 Å². The summed E-state index contributed by atoms with van der Waals surface area (Å²) in [5, 5.41) is 0. The third kappa shape index (κ3) is 4.06. The van der Waals surface area contributed by atoms with Gasteiger partial charge in [-0.3, -0.25) is 9.59 Å². The predicted octanol–water partition coefficient (Wildman–Crippen LogP) is 0.996. The van der Waals surface area contributed by atoms with Crippen LogP contribution in [0.15, 0.2) is 34.1 Å². The van der Waals surface area contributed by atoms with Crippen LogP contribution in [0.4, 0.5) is 0 Å². The molecule has 0 spiro atoms. The van der Waals surface area contributed by atoms with Gasteiger partial charge in [0, 0.05) is 56.4 Å². The Balaban J connectivity index is 2.23. The number of hydrogen-bond donors (Lipinski definition) is 0. The molecule has 2 heterocycles. The van der Waals surface area contributed by atoms with Crippen molar-refractivity contribution in [3.8, 4) is 16.9 Å². The second-order valence-corrected chi connectivity index (χ2v) is 9.06. The van der Waals surface area contributed by atoms with Crippen LogP contribution in [0, 0.1) is 0 Å². The largest absolute Gasteiger partial charge is 0.496 e. The van der Waals surface area contributed by atoms with E-state index < -0.39 is 9.84 Å². The molecule has 1 aliphatic heterocycles. The molecule has 0 unspecified atom stereocenters. The van der Waals surface area contributed by atoms with Crippen LogP contribution in [0.1, 0.15) is 11.1 Å². The summed E-state index contributed by atoms with van der Waals surface area (Å²) in [4.78, 5) is 26.8. The molecule has 1 amide bonds. The van der Waals surface area contributed by atoms with E-state index in [1.165, 1.54) is 24.9 Å². The van der Waals surface area contributed by atoms with Crippen LogP contribution in [-0.2, 0) is 39.4 Å². The van der Waals surface area contributed by atoms with Crippen LogP contribution in [0.25, 0.3) is 11.1 Å². The van der Waals surface area contributed by atoms with Crippen LogP contribution < -0.4 is 10.3 Å². The van der Waals surface area contributed by atoms with Gasteiger partial charge in [-0.25, -0.2) is 8.42 Å². The Morgan fingerprint density at radius 1 is 1.17 bits per heavy atom. The molecular weight excluding hydrogens is 396 g/mol. The SMILES string of the molecule is COCC(=O)N1CCc2c(c(-c3cc(S(C)(=O)=O)ccc3OC)cn(C)c2=O)C1. The Morgan fingerprint density at radius 3 is 2.52 bits per heavy atom. The summed E-state index contributed by atoms with van der Waals surface area (Å²) in [5.74, 6) is 0.320. The molecule has 2 aromatic rings. The van der Waals surface area contributed by atoms with E-state index in [4.69, 9.17) is 9.47 Å². The lowest BCUT2D eigenvalue weighted by Crippen LogP contribution is -2.41. The van der Waals surface area contributed by atoms with Crippen molar-refractivity contribution in [1.29, 1.82) is 0 Å². The maximum atomic E-state index is 12.7. The summed E-state index contributed by atoms with van der Waals surface area (Å²) in [6.45, 7) is 0.631. The van der Waals surface area contributed by atoms with Crippen LogP contribution in [0.3, 0.4) is 0 Å². The maximum Gasteiger partial charge on any atom is 0.253 e. The number of rotatable bonds is 5. The zero-order valence-electron chi connectivity index (χ0n) is 16.9. The fourth-order valence-corrected chi connectivity index (χ4v) is 4.22. The highest BCUT2D eigenvalue weighted by atomic mass is 32.2. The molecular formula is C20H24N2O6S. The molecule has 0 radical (unpaired) electrons. The number of nitrogens with zero attached hydrogens (tertiary/aromatic N) is 2. The molecule has 1 aromatic heterocycles. The number of aromatic nitrogens is 1. The van der Waals surface area contributed by atoms with Gasteiger partial charge in [-0.1, -0.05) is 0 Å². The predicted molar refractivity (Wildman–Crippen MR) is 108 cm³/mol.